The largest absolute Gasteiger partial charge is 0.350 e. The van der Waals surface area contributed by atoms with E-state index in [0.717, 1.165) is 11.1 Å². The third-order valence-electron chi connectivity index (χ3n) is 5.73. The number of nitrogens with one attached hydrogen (secondary N) is 1. The maximum absolute atomic E-state index is 13.8. The second-order valence-electron chi connectivity index (χ2n) is 9.76. The number of amides is 2. The van der Waals surface area contributed by atoms with Crippen LogP contribution in [0.1, 0.15) is 43.9 Å². The molecule has 0 bridgehead atoms. The van der Waals surface area contributed by atoms with E-state index in [1.807, 2.05) is 69.3 Å². The molecule has 0 aromatic heterocycles. The lowest BCUT2D eigenvalue weighted by atomic mass is 9.99. The Morgan fingerprint density at radius 3 is 2.03 bits per heavy atom. The van der Waals surface area contributed by atoms with Gasteiger partial charge in [-0.25, -0.2) is 0 Å². The summed E-state index contributed by atoms with van der Waals surface area (Å²) in [7, 11) is 0. The zero-order valence-electron chi connectivity index (χ0n) is 20.7. The lowest BCUT2D eigenvalue weighted by Crippen LogP contribution is -2.54. The van der Waals surface area contributed by atoms with Crippen LogP contribution in [0.15, 0.2) is 72.8 Å². The van der Waals surface area contributed by atoms with Gasteiger partial charge in [0, 0.05) is 45.6 Å². The lowest BCUT2D eigenvalue weighted by Gasteiger charge is -2.34. The van der Waals surface area contributed by atoms with Gasteiger partial charge in [-0.05, 0) is 56.5 Å². The zero-order chi connectivity index (χ0) is 26.3. The summed E-state index contributed by atoms with van der Waals surface area (Å²) in [5.41, 5.74) is 1.96. The molecule has 3 aromatic carbocycles. The van der Waals surface area contributed by atoms with Crippen molar-refractivity contribution in [3.63, 3.8) is 0 Å². The van der Waals surface area contributed by atoms with Gasteiger partial charge in [-0.2, -0.15) is 0 Å². The molecule has 4 nitrogen and oxygen atoms in total. The van der Waals surface area contributed by atoms with Gasteiger partial charge in [-0.3, -0.25) is 9.59 Å². The Morgan fingerprint density at radius 2 is 1.42 bits per heavy atom. The van der Waals surface area contributed by atoms with Crippen molar-refractivity contribution in [3.05, 3.63) is 105 Å². The summed E-state index contributed by atoms with van der Waals surface area (Å²) in [5.74, 6) is -0.420. The normalized spacial score (nSPS) is 12.2. The van der Waals surface area contributed by atoms with Gasteiger partial charge in [0.2, 0.25) is 11.8 Å². The third-order valence-corrected chi connectivity index (χ3v) is 6.80. The predicted molar refractivity (Wildman–Crippen MR) is 149 cm³/mol. The standard InChI is InChI=1S/C29H31Cl3N2O2/c1-29(2,3)33-28(36)26(18-20-10-5-4-6-11-20)34(19-22-24(31)14-9-15-25(22)32)27(35)17-16-21-12-7-8-13-23(21)30/h4-15,26H,16-19H2,1-3H3,(H,33,36)/t26-/m1/s1. The zero-order valence-corrected chi connectivity index (χ0v) is 23.0. The number of aryl methyl sites for hydroxylation is 1. The summed E-state index contributed by atoms with van der Waals surface area (Å²) < 4.78 is 0. The first-order valence-corrected chi connectivity index (χ1v) is 13.0. The first kappa shape index (κ1) is 28.0. The van der Waals surface area contributed by atoms with Gasteiger partial charge in [-0.1, -0.05) is 89.4 Å². The van der Waals surface area contributed by atoms with Crippen molar-refractivity contribution in [2.75, 3.05) is 0 Å². The van der Waals surface area contributed by atoms with Gasteiger partial charge in [0.1, 0.15) is 6.04 Å². The molecule has 2 amide bonds. The number of carbonyl (C=O) groups is 2. The highest BCUT2D eigenvalue weighted by molar-refractivity contribution is 6.36. The minimum atomic E-state index is -0.766. The Kier molecular flexibility index (Phi) is 9.84. The minimum Gasteiger partial charge on any atom is -0.350 e. The monoisotopic (exact) mass is 544 g/mol. The average Bonchev–Trinajstić information content (AvgIpc) is 2.82. The second-order valence-corrected chi connectivity index (χ2v) is 11.0. The summed E-state index contributed by atoms with van der Waals surface area (Å²) in [6.07, 6.45) is 0.979. The number of nitrogens with zero attached hydrogens (tertiary/aromatic N) is 1. The van der Waals surface area contributed by atoms with E-state index >= 15 is 0 Å². The molecule has 0 saturated carbocycles. The molecule has 0 aliphatic heterocycles. The molecule has 0 aliphatic rings. The van der Waals surface area contributed by atoms with E-state index in [1.54, 1.807) is 29.2 Å². The number of carbonyl (C=O) groups excluding carboxylic acids is 2. The molecule has 0 radical (unpaired) electrons. The molecule has 1 atom stereocenters. The molecule has 0 aliphatic carbocycles. The van der Waals surface area contributed by atoms with Gasteiger partial charge >= 0.3 is 0 Å². The van der Waals surface area contributed by atoms with E-state index in [-0.39, 0.29) is 24.8 Å². The summed E-state index contributed by atoms with van der Waals surface area (Å²) >= 11 is 19.3. The van der Waals surface area contributed by atoms with Crippen molar-refractivity contribution in [1.82, 2.24) is 10.2 Å². The molecule has 0 saturated heterocycles. The van der Waals surface area contributed by atoms with Crippen molar-refractivity contribution >= 4 is 46.6 Å². The number of rotatable bonds is 9. The molecule has 7 heteroatoms. The van der Waals surface area contributed by atoms with E-state index < -0.39 is 11.6 Å². The highest BCUT2D eigenvalue weighted by atomic mass is 35.5. The van der Waals surface area contributed by atoms with Gasteiger partial charge in [0.25, 0.3) is 0 Å². The molecular weight excluding hydrogens is 515 g/mol. The topological polar surface area (TPSA) is 49.4 Å². The number of hydrogen-bond donors (Lipinski definition) is 1. The van der Waals surface area contributed by atoms with Crippen LogP contribution < -0.4 is 5.32 Å². The smallest absolute Gasteiger partial charge is 0.243 e. The predicted octanol–water partition coefficient (Wildman–Crippen LogP) is 7.13. The van der Waals surface area contributed by atoms with Gasteiger partial charge < -0.3 is 10.2 Å². The summed E-state index contributed by atoms with van der Waals surface area (Å²) in [5, 5.41) is 4.55. The van der Waals surface area contributed by atoms with E-state index in [0.29, 0.717) is 33.5 Å². The van der Waals surface area contributed by atoms with Crippen LogP contribution in [0, 0.1) is 0 Å². The van der Waals surface area contributed by atoms with Crippen LogP contribution in [0.3, 0.4) is 0 Å². The van der Waals surface area contributed by atoms with Crippen molar-refractivity contribution in [3.8, 4) is 0 Å². The Labute approximate surface area is 228 Å². The van der Waals surface area contributed by atoms with E-state index in [9.17, 15) is 9.59 Å². The summed E-state index contributed by atoms with van der Waals surface area (Å²) in [6, 6.07) is 21.6. The molecule has 36 heavy (non-hydrogen) atoms. The van der Waals surface area contributed by atoms with Crippen molar-refractivity contribution in [2.24, 2.45) is 0 Å². The van der Waals surface area contributed by atoms with E-state index in [1.165, 1.54) is 0 Å². The van der Waals surface area contributed by atoms with Crippen LogP contribution in [0.4, 0.5) is 0 Å². The van der Waals surface area contributed by atoms with Crippen LogP contribution in [0.25, 0.3) is 0 Å². The van der Waals surface area contributed by atoms with Gasteiger partial charge in [0.15, 0.2) is 0 Å². The molecule has 3 rings (SSSR count). The van der Waals surface area contributed by atoms with Crippen molar-refractivity contribution in [2.45, 2.75) is 58.2 Å². The fourth-order valence-corrected chi connectivity index (χ4v) is 4.69. The fraction of sp³-hybridized carbons (Fsp3) is 0.310. The Balaban J connectivity index is 1.99. The fourth-order valence-electron chi connectivity index (χ4n) is 3.95. The van der Waals surface area contributed by atoms with Crippen LogP contribution >= 0.6 is 34.8 Å². The molecule has 0 fully saturated rings. The molecule has 0 spiro atoms. The Hall–Kier alpha value is -2.53. The maximum atomic E-state index is 13.8. The second kappa shape index (κ2) is 12.6. The molecule has 3 aromatic rings. The molecule has 1 N–H and O–H groups in total. The number of benzene rings is 3. The molecule has 190 valence electrons. The first-order valence-electron chi connectivity index (χ1n) is 11.9. The SMILES string of the molecule is CC(C)(C)NC(=O)[C@@H](Cc1ccccc1)N(Cc1c(Cl)cccc1Cl)C(=O)CCc1ccccc1Cl. The highest BCUT2D eigenvalue weighted by Gasteiger charge is 2.32. The quantitative estimate of drug-likeness (QED) is 0.311. The summed E-state index contributed by atoms with van der Waals surface area (Å²) in [4.78, 5) is 29.0. The van der Waals surface area contributed by atoms with Crippen LogP contribution in [-0.2, 0) is 29.0 Å². The molecular formula is C29H31Cl3N2O2. The van der Waals surface area contributed by atoms with Crippen LogP contribution in [0.2, 0.25) is 15.1 Å². The van der Waals surface area contributed by atoms with Crippen LogP contribution in [0.5, 0.6) is 0 Å². The van der Waals surface area contributed by atoms with Crippen molar-refractivity contribution in [1.29, 1.82) is 0 Å². The molecule has 0 unspecified atom stereocenters. The molecule has 0 heterocycles. The summed E-state index contributed by atoms with van der Waals surface area (Å²) in [6.45, 7) is 5.85. The maximum Gasteiger partial charge on any atom is 0.243 e. The number of hydrogen-bond acceptors (Lipinski definition) is 2. The van der Waals surface area contributed by atoms with Gasteiger partial charge in [-0.15, -0.1) is 0 Å². The average molecular weight is 546 g/mol. The highest BCUT2D eigenvalue weighted by Crippen LogP contribution is 2.28. The van der Waals surface area contributed by atoms with E-state index in [2.05, 4.69) is 5.32 Å². The Bertz CT molecular complexity index is 1170. The minimum absolute atomic E-state index is 0.106. The van der Waals surface area contributed by atoms with Gasteiger partial charge in [0.05, 0.1) is 0 Å². The third kappa shape index (κ3) is 7.99. The first-order chi connectivity index (χ1) is 17.0. The number of halogens is 3. The Morgan fingerprint density at radius 1 is 0.833 bits per heavy atom. The van der Waals surface area contributed by atoms with Crippen LogP contribution in [-0.4, -0.2) is 28.3 Å². The van der Waals surface area contributed by atoms with E-state index in [4.69, 9.17) is 34.8 Å². The van der Waals surface area contributed by atoms with Crippen molar-refractivity contribution < 1.29 is 9.59 Å². The lowest BCUT2D eigenvalue weighted by molar-refractivity contribution is -0.141.